The Balaban J connectivity index is 2.05. The lowest BCUT2D eigenvalue weighted by Gasteiger charge is -2.14. The maximum absolute atomic E-state index is 3.92. The molecule has 2 atom stereocenters. The lowest BCUT2D eigenvalue weighted by molar-refractivity contribution is 0.477. The normalized spacial score (nSPS) is 24.8. The van der Waals surface area contributed by atoms with Crippen LogP contribution in [0, 0.1) is 0 Å². The van der Waals surface area contributed by atoms with Crippen LogP contribution >= 0.6 is 0 Å². The first kappa shape index (κ1) is 12.2. The molecule has 0 bridgehead atoms. The topological polar surface area (TPSA) is 24.1 Å². The van der Waals surface area contributed by atoms with Crippen LogP contribution in [0.1, 0.15) is 46.0 Å². The summed E-state index contributed by atoms with van der Waals surface area (Å²) in [5.41, 5.74) is 1.30. The molecule has 1 aliphatic heterocycles. The second kappa shape index (κ2) is 5.84. The molecule has 2 heteroatoms. The van der Waals surface area contributed by atoms with Gasteiger partial charge in [0.2, 0.25) is 0 Å². The highest BCUT2D eigenvalue weighted by molar-refractivity contribution is 5.03. The smallest absolute Gasteiger partial charge is 0.0918 e. The molecule has 2 nitrogen and oxygen atoms in total. The van der Waals surface area contributed by atoms with Crippen LogP contribution in [0.4, 0.5) is 0 Å². The van der Waals surface area contributed by atoms with Gasteiger partial charge in [0.1, 0.15) is 0 Å². The first-order valence-corrected chi connectivity index (χ1v) is 5.96. The van der Waals surface area contributed by atoms with Gasteiger partial charge in [0, 0.05) is 12.1 Å². The van der Waals surface area contributed by atoms with Gasteiger partial charge in [-0.2, -0.15) is 0 Å². The Bertz CT molecular complexity index is 233. The number of hydrogen-bond donors (Lipinski definition) is 2. The minimum absolute atomic E-state index is 0.527. The minimum Gasteiger partial charge on any atom is -0.368 e. The summed E-state index contributed by atoms with van der Waals surface area (Å²) >= 11 is 0. The number of hydrogen-bond acceptors (Lipinski definition) is 2. The third-order valence-electron chi connectivity index (χ3n) is 2.98. The molecular formula is C13H24N2. The molecule has 0 amide bonds. The van der Waals surface area contributed by atoms with Crippen molar-refractivity contribution >= 4 is 0 Å². The molecule has 0 aromatic heterocycles. The third kappa shape index (κ3) is 4.41. The van der Waals surface area contributed by atoms with Crippen LogP contribution in [0.2, 0.25) is 0 Å². The van der Waals surface area contributed by atoms with E-state index in [1.54, 1.807) is 0 Å². The third-order valence-corrected chi connectivity index (χ3v) is 2.98. The van der Waals surface area contributed by atoms with Gasteiger partial charge >= 0.3 is 0 Å². The Morgan fingerprint density at radius 2 is 2.00 bits per heavy atom. The molecule has 1 fully saturated rings. The molecule has 0 aromatic rings. The minimum atomic E-state index is 0.527. The van der Waals surface area contributed by atoms with E-state index in [2.05, 4.69) is 37.6 Å². The quantitative estimate of drug-likeness (QED) is 0.518. The maximum Gasteiger partial charge on any atom is 0.0918 e. The highest BCUT2D eigenvalue weighted by Crippen LogP contribution is 2.14. The molecule has 2 N–H and O–H groups in total. The molecule has 1 aliphatic rings. The van der Waals surface area contributed by atoms with Gasteiger partial charge in [-0.15, -0.1) is 6.58 Å². The highest BCUT2D eigenvalue weighted by atomic mass is 15.2. The molecule has 0 aliphatic carbocycles. The average Bonchev–Trinajstić information content (AvgIpc) is 2.44. The molecule has 1 rings (SSSR count). The number of rotatable bonds is 6. The van der Waals surface area contributed by atoms with Gasteiger partial charge in [-0.1, -0.05) is 25.0 Å². The van der Waals surface area contributed by atoms with Crippen molar-refractivity contribution < 1.29 is 0 Å². The molecule has 0 spiro atoms. The summed E-state index contributed by atoms with van der Waals surface area (Å²) in [5.74, 6) is 0.981. The van der Waals surface area contributed by atoms with Gasteiger partial charge in [-0.05, 0) is 33.1 Å². The summed E-state index contributed by atoms with van der Waals surface area (Å²) in [6, 6.07) is 1.10. The lowest BCUT2D eigenvalue weighted by Crippen LogP contribution is -2.30. The van der Waals surface area contributed by atoms with Crippen molar-refractivity contribution in [1.29, 1.82) is 0 Å². The summed E-state index contributed by atoms with van der Waals surface area (Å²) < 4.78 is 0. The van der Waals surface area contributed by atoms with E-state index in [0.717, 1.165) is 5.82 Å². The number of unbranched alkanes of at least 4 members (excludes halogenated alkanes) is 2. The highest BCUT2D eigenvalue weighted by Gasteiger charge is 2.23. The molecule has 15 heavy (non-hydrogen) atoms. The van der Waals surface area contributed by atoms with Crippen LogP contribution in [0.15, 0.2) is 24.6 Å². The van der Waals surface area contributed by atoms with Gasteiger partial charge < -0.3 is 10.6 Å². The molecule has 1 heterocycles. The Hall–Kier alpha value is -0.920. The van der Waals surface area contributed by atoms with Crippen molar-refractivity contribution in [2.45, 2.75) is 58.0 Å². The van der Waals surface area contributed by atoms with Gasteiger partial charge in [0.05, 0.1) is 5.82 Å². The second-order valence-electron chi connectivity index (χ2n) is 4.72. The van der Waals surface area contributed by atoms with Gasteiger partial charge in [0.25, 0.3) is 0 Å². The van der Waals surface area contributed by atoms with E-state index >= 15 is 0 Å². The lowest BCUT2D eigenvalue weighted by atomic mass is 10.0. The van der Waals surface area contributed by atoms with E-state index in [4.69, 9.17) is 0 Å². The first-order chi connectivity index (χ1) is 7.09. The van der Waals surface area contributed by atoms with Crippen molar-refractivity contribution in [2.75, 3.05) is 0 Å². The second-order valence-corrected chi connectivity index (χ2v) is 4.72. The molecule has 86 valence electrons. The van der Waals surface area contributed by atoms with Crippen LogP contribution in [-0.2, 0) is 0 Å². The fraction of sp³-hybridized carbons (Fsp3) is 0.692. The van der Waals surface area contributed by atoms with Crippen LogP contribution in [-0.4, -0.2) is 12.1 Å². The van der Waals surface area contributed by atoms with Gasteiger partial charge in [0.15, 0.2) is 0 Å². The van der Waals surface area contributed by atoms with Crippen molar-refractivity contribution in [2.24, 2.45) is 0 Å². The van der Waals surface area contributed by atoms with E-state index in [-0.39, 0.29) is 0 Å². The zero-order chi connectivity index (χ0) is 11.3. The van der Waals surface area contributed by atoms with Crippen LogP contribution < -0.4 is 10.6 Å². The molecule has 2 unspecified atom stereocenters. The first-order valence-electron chi connectivity index (χ1n) is 5.96. The summed E-state index contributed by atoms with van der Waals surface area (Å²) in [5, 5.41) is 6.69. The molecule has 1 saturated heterocycles. The zero-order valence-corrected chi connectivity index (χ0v) is 10.1. The summed E-state index contributed by atoms with van der Waals surface area (Å²) in [6.45, 7) is 12.1. The van der Waals surface area contributed by atoms with Crippen LogP contribution in [0.25, 0.3) is 0 Å². The van der Waals surface area contributed by atoms with Crippen molar-refractivity contribution in [3.8, 4) is 0 Å². The predicted molar refractivity (Wildman–Crippen MR) is 66.6 cm³/mol. The Morgan fingerprint density at radius 1 is 1.27 bits per heavy atom. The maximum atomic E-state index is 3.92. The molecular weight excluding hydrogens is 184 g/mol. The largest absolute Gasteiger partial charge is 0.368 e. The number of nitrogens with one attached hydrogen (secondary N) is 2. The predicted octanol–water partition coefficient (Wildman–Crippen LogP) is 2.93. The van der Waals surface area contributed by atoms with E-state index in [1.165, 1.54) is 37.7 Å². The van der Waals surface area contributed by atoms with E-state index in [9.17, 15) is 0 Å². The van der Waals surface area contributed by atoms with Crippen LogP contribution in [0.5, 0.6) is 0 Å². The summed E-state index contributed by atoms with van der Waals surface area (Å²) in [4.78, 5) is 0. The van der Waals surface area contributed by atoms with Gasteiger partial charge in [-0.25, -0.2) is 0 Å². The van der Waals surface area contributed by atoms with Crippen LogP contribution in [0.3, 0.4) is 0 Å². The Morgan fingerprint density at radius 3 is 2.53 bits per heavy atom. The number of allylic oxidation sites excluding steroid dienone is 1. The van der Waals surface area contributed by atoms with E-state index < -0.39 is 0 Å². The molecule has 0 radical (unpaired) electrons. The van der Waals surface area contributed by atoms with Crippen molar-refractivity contribution in [1.82, 2.24) is 10.6 Å². The summed E-state index contributed by atoms with van der Waals surface area (Å²) in [6.07, 6.45) is 6.31. The summed E-state index contributed by atoms with van der Waals surface area (Å²) in [7, 11) is 0. The fourth-order valence-electron chi connectivity index (χ4n) is 2.06. The average molecular weight is 208 g/mol. The molecule has 0 aromatic carbocycles. The van der Waals surface area contributed by atoms with E-state index in [0.29, 0.717) is 12.1 Å². The monoisotopic (exact) mass is 208 g/mol. The SMILES string of the molecule is C=C(C)CCCCCC1NC(=C)NC1C. The van der Waals surface area contributed by atoms with Crippen molar-refractivity contribution in [3.05, 3.63) is 24.6 Å². The zero-order valence-electron chi connectivity index (χ0n) is 10.1. The fourth-order valence-corrected chi connectivity index (χ4v) is 2.06. The van der Waals surface area contributed by atoms with E-state index in [1.807, 2.05) is 0 Å². The Kier molecular flexibility index (Phi) is 4.73. The van der Waals surface area contributed by atoms with Crippen molar-refractivity contribution in [3.63, 3.8) is 0 Å². The van der Waals surface area contributed by atoms with Gasteiger partial charge in [-0.3, -0.25) is 0 Å². The molecule has 0 saturated carbocycles. The standard InChI is InChI=1S/C13H24N2/c1-10(2)8-6-5-7-9-13-11(3)14-12(4)15-13/h11,13-15H,1,4-9H2,2-3H3. The Labute approximate surface area is 93.8 Å².